The van der Waals surface area contributed by atoms with E-state index in [4.69, 9.17) is 10.5 Å². The summed E-state index contributed by atoms with van der Waals surface area (Å²) in [6, 6.07) is -0.320. The Morgan fingerprint density at radius 1 is 1.67 bits per heavy atom. The maximum Gasteiger partial charge on any atom is 0.152 e. The monoisotopic (exact) mass is 229 g/mol. The highest BCUT2D eigenvalue weighted by molar-refractivity contribution is 7.99. The van der Waals surface area contributed by atoms with E-state index in [1.54, 1.807) is 6.92 Å². The zero-order valence-corrected chi connectivity index (χ0v) is 10.0. The van der Waals surface area contributed by atoms with Crippen molar-refractivity contribution in [2.75, 3.05) is 18.1 Å². The van der Waals surface area contributed by atoms with Crippen LogP contribution in [0.3, 0.4) is 0 Å². The summed E-state index contributed by atoms with van der Waals surface area (Å²) < 4.78 is 5.87. The highest BCUT2D eigenvalue weighted by Gasteiger charge is 2.42. The van der Waals surface area contributed by atoms with E-state index in [2.05, 4.69) is 0 Å². The number of Topliss-reactive ketones (excluding diaryl/α,β-unsaturated/α-hetero) is 1. The molecule has 3 nitrogen and oxygen atoms in total. The van der Waals surface area contributed by atoms with Crippen LogP contribution >= 0.6 is 11.8 Å². The van der Waals surface area contributed by atoms with E-state index >= 15 is 0 Å². The molecule has 15 heavy (non-hydrogen) atoms. The second-order valence-electron chi connectivity index (χ2n) is 4.71. The van der Waals surface area contributed by atoms with Gasteiger partial charge in [0.15, 0.2) is 5.78 Å². The van der Waals surface area contributed by atoms with Crippen LogP contribution in [0.25, 0.3) is 0 Å². The summed E-state index contributed by atoms with van der Waals surface area (Å²) >= 11 is 1.93. The molecule has 2 rings (SSSR count). The Balaban J connectivity index is 2.00. The summed E-state index contributed by atoms with van der Waals surface area (Å²) in [5.74, 6) is 2.57. The molecule has 0 bridgehead atoms. The summed E-state index contributed by atoms with van der Waals surface area (Å²) in [6.45, 7) is 2.51. The lowest BCUT2D eigenvalue weighted by Crippen LogP contribution is -2.45. The predicted molar refractivity (Wildman–Crippen MR) is 62.0 cm³/mol. The third-order valence-electron chi connectivity index (χ3n) is 3.41. The van der Waals surface area contributed by atoms with E-state index in [1.807, 2.05) is 11.8 Å². The number of carbonyl (C=O) groups excluding carboxylic acids is 1. The van der Waals surface area contributed by atoms with Crippen LogP contribution in [-0.2, 0) is 9.53 Å². The quantitative estimate of drug-likeness (QED) is 0.773. The van der Waals surface area contributed by atoms with Crippen molar-refractivity contribution in [3.05, 3.63) is 0 Å². The summed E-state index contributed by atoms with van der Waals surface area (Å²) in [7, 11) is 0. The second kappa shape index (κ2) is 4.44. The molecule has 0 aromatic carbocycles. The summed E-state index contributed by atoms with van der Waals surface area (Å²) in [5, 5.41) is 0. The second-order valence-corrected chi connectivity index (χ2v) is 5.82. The van der Waals surface area contributed by atoms with Crippen LogP contribution in [0.2, 0.25) is 0 Å². The molecule has 2 aliphatic heterocycles. The van der Waals surface area contributed by atoms with Crippen LogP contribution < -0.4 is 5.73 Å². The smallest absolute Gasteiger partial charge is 0.152 e. The van der Waals surface area contributed by atoms with E-state index in [0.717, 1.165) is 31.6 Å². The minimum atomic E-state index is -0.320. The van der Waals surface area contributed by atoms with Crippen molar-refractivity contribution in [1.82, 2.24) is 0 Å². The van der Waals surface area contributed by atoms with Gasteiger partial charge in [0.1, 0.15) is 0 Å². The fourth-order valence-electron chi connectivity index (χ4n) is 2.51. The molecule has 0 saturated carbocycles. The zero-order chi connectivity index (χ0) is 10.9. The van der Waals surface area contributed by atoms with Gasteiger partial charge in [0, 0.05) is 18.3 Å². The molecule has 2 heterocycles. The fourth-order valence-corrected chi connectivity index (χ4v) is 3.88. The van der Waals surface area contributed by atoms with Crippen LogP contribution in [0, 0.1) is 5.92 Å². The Kier molecular flexibility index (Phi) is 3.38. The van der Waals surface area contributed by atoms with Crippen LogP contribution in [0.1, 0.15) is 26.2 Å². The SMILES string of the molecule is C[C@@H](N)C(=O)C1CCOC2(CCSC2)C1. The highest BCUT2D eigenvalue weighted by Crippen LogP contribution is 2.40. The number of nitrogens with two attached hydrogens (primary N) is 1. The highest BCUT2D eigenvalue weighted by atomic mass is 32.2. The first-order valence-corrected chi connectivity index (χ1v) is 6.79. The van der Waals surface area contributed by atoms with Gasteiger partial charge in [-0.05, 0) is 31.9 Å². The topological polar surface area (TPSA) is 52.3 Å². The Labute approximate surface area is 95.1 Å². The first kappa shape index (κ1) is 11.4. The molecule has 2 N–H and O–H groups in total. The number of ether oxygens (including phenoxy) is 1. The molecule has 0 amide bonds. The van der Waals surface area contributed by atoms with Gasteiger partial charge < -0.3 is 10.5 Å². The van der Waals surface area contributed by atoms with Gasteiger partial charge in [-0.25, -0.2) is 0 Å². The number of hydrogen-bond acceptors (Lipinski definition) is 4. The van der Waals surface area contributed by atoms with Gasteiger partial charge >= 0.3 is 0 Å². The molecule has 86 valence electrons. The average molecular weight is 229 g/mol. The van der Waals surface area contributed by atoms with Gasteiger partial charge in [0.25, 0.3) is 0 Å². The summed E-state index contributed by atoms with van der Waals surface area (Å²) in [5.41, 5.74) is 5.66. The number of rotatable bonds is 2. The van der Waals surface area contributed by atoms with Gasteiger partial charge in [-0.1, -0.05) is 0 Å². The zero-order valence-electron chi connectivity index (χ0n) is 9.20. The molecule has 2 saturated heterocycles. The van der Waals surface area contributed by atoms with Crippen molar-refractivity contribution in [3.63, 3.8) is 0 Å². The van der Waals surface area contributed by atoms with Crippen LogP contribution in [0.15, 0.2) is 0 Å². The molecule has 4 heteroatoms. The van der Waals surface area contributed by atoms with E-state index < -0.39 is 0 Å². The molecule has 2 unspecified atom stereocenters. The molecular weight excluding hydrogens is 210 g/mol. The first-order valence-electron chi connectivity index (χ1n) is 5.64. The van der Waals surface area contributed by atoms with Gasteiger partial charge in [-0.15, -0.1) is 0 Å². The van der Waals surface area contributed by atoms with E-state index in [9.17, 15) is 4.79 Å². The van der Waals surface area contributed by atoms with Gasteiger partial charge in [0.05, 0.1) is 11.6 Å². The summed E-state index contributed by atoms with van der Waals surface area (Å²) in [4.78, 5) is 11.9. The molecule has 3 atom stereocenters. The molecule has 2 aliphatic rings. The lowest BCUT2D eigenvalue weighted by molar-refractivity contribution is -0.134. The third-order valence-corrected chi connectivity index (χ3v) is 4.63. The normalized spacial score (nSPS) is 38.1. The molecule has 0 radical (unpaired) electrons. The molecule has 0 aliphatic carbocycles. The Hall–Kier alpha value is -0.0600. The minimum absolute atomic E-state index is 0.00185. The van der Waals surface area contributed by atoms with Crippen LogP contribution in [0.4, 0.5) is 0 Å². The predicted octanol–water partition coefficient (Wildman–Crippen LogP) is 1.20. The van der Waals surface area contributed by atoms with Crippen molar-refractivity contribution in [3.8, 4) is 0 Å². The van der Waals surface area contributed by atoms with Crippen molar-refractivity contribution in [2.45, 2.75) is 37.8 Å². The lowest BCUT2D eigenvalue weighted by Gasteiger charge is -2.37. The Morgan fingerprint density at radius 3 is 3.07 bits per heavy atom. The van der Waals surface area contributed by atoms with E-state index in [-0.39, 0.29) is 23.3 Å². The average Bonchev–Trinajstić information content (AvgIpc) is 2.65. The number of thioether (sulfide) groups is 1. The molecule has 0 aromatic rings. The van der Waals surface area contributed by atoms with Crippen LogP contribution in [-0.4, -0.2) is 35.5 Å². The Bertz CT molecular complexity index is 249. The molecular formula is C11H19NO2S. The third kappa shape index (κ3) is 2.37. The van der Waals surface area contributed by atoms with Crippen LogP contribution in [0.5, 0.6) is 0 Å². The van der Waals surface area contributed by atoms with Crippen molar-refractivity contribution in [2.24, 2.45) is 11.7 Å². The maximum absolute atomic E-state index is 11.9. The van der Waals surface area contributed by atoms with Gasteiger partial charge in [0.2, 0.25) is 0 Å². The van der Waals surface area contributed by atoms with Crippen molar-refractivity contribution in [1.29, 1.82) is 0 Å². The number of carbonyl (C=O) groups is 1. The Morgan fingerprint density at radius 2 is 2.47 bits per heavy atom. The first-order chi connectivity index (χ1) is 7.13. The fraction of sp³-hybridized carbons (Fsp3) is 0.909. The molecule has 2 fully saturated rings. The maximum atomic E-state index is 11.9. The minimum Gasteiger partial charge on any atom is -0.374 e. The van der Waals surface area contributed by atoms with Gasteiger partial charge in [-0.3, -0.25) is 4.79 Å². The molecule has 1 spiro atoms. The number of hydrogen-bond donors (Lipinski definition) is 1. The van der Waals surface area contributed by atoms with E-state index in [0.29, 0.717) is 0 Å². The summed E-state index contributed by atoms with van der Waals surface area (Å²) in [6.07, 6.45) is 2.84. The van der Waals surface area contributed by atoms with Crippen molar-refractivity contribution >= 4 is 17.5 Å². The number of ketones is 1. The van der Waals surface area contributed by atoms with Gasteiger partial charge in [-0.2, -0.15) is 11.8 Å². The van der Waals surface area contributed by atoms with Crippen molar-refractivity contribution < 1.29 is 9.53 Å². The largest absolute Gasteiger partial charge is 0.374 e. The van der Waals surface area contributed by atoms with E-state index in [1.165, 1.54) is 5.75 Å². The lowest BCUT2D eigenvalue weighted by atomic mass is 9.81. The molecule has 0 aromatic heterocycles. The standard InChI is InChI=1S/C11H19NO2S/c1-8(12)10(13)9-2-4-14-11(6-9)3-5-15-7-11/h8-9H,2-7,12H2,1H3/t8-,9?,11?/m1/s1.